The minimum absolute atomic E-state index is 0.131. The molecule has 1 aromatic carbocycles. The van der Waals surface area contributed by atoms with Gasteiger partial charge in [0.25, 0.3) is 0 Å². The number of carbonyl (C=O) groups is 3. The maximum Gasteiger partial charge on any atom is 0.408 e. The fraction of sp³-hybridized carbons (Fsp3) is 0.500. The number of carboxylic acid groups (broad SMARTS) is 1. The predicted molar refractivity (Wildman–Crippen MR) is 112 cm³/mol. The minimum Gasteiger partial charge on any atom is -0.480 e. The lowest BCUT2D eigenvalue weighted by Gasteiger charge is -2.24. The predicted octanol–water partition coefficient (Wildman–Crippen LogP) is 0.955. The summed E-state index contributed by atoms with van der Waals surface area (Å²) in [7, 11) is 0. The van der Waals surface area contributed by atoms with Gasteiger partial charge in [0.15, 0.2) is 5.96 Å². The number of hydrogen-bond donors (Lipinski definition) is 6. The number of alkyl carbamates (subject to hydrolysis) is 1. The molecule has 30 heavy (non-hydrogen) atoms. The number of ether oxygens (including phenoxy) is 1. The van der Waals surface area contributed by atoms with E-state index < -0.39 is 35.7 Å². The summed E-state index contributed by atoms with van der Waals surface area (Å²) in [4.78, 5) is 36.5. The molecule has 10 nitrogen and oxygen atoms in total. The zero-order valence-corrected chi connectivity index (χ0v) is 17.5. The smallest absolute Gasteiger partial charge is 0.408 e. The summed E-state index contributed by atoms with van der Waals surface area (Å²) in [6.07, 6.45) is -0.0912. The Bertz CT molecular complexity index is 733. The fourth-order valence-corrected chi connectivity index (χ4v) is 2.57. The van der Waals surface area contributed by atoms with Crippen LogP contribution in [0.4, 0.5) is 4.79 Å². The van der Waals surface area contributed by atoms with Gasteiger partial charge in [-0.3, -0.25) is 10.2 Å². The summed E-state index contributed by atoms with van der Waals surface area (Å²) in [6, 6.07) is 6.89. The van der Waals surface area contributed by atoms with Crippen molar-refractivity contribution in [2.45, 2.75) is 57.7 Å². The van der Waals surface area contributed by atoms with Gasteiger partial charge in [0.05, 0.1) is 0 Å². The van der Waals surface area contributed by atoms with Crippen molar-refractivity contribution in [3.8, 4) is 0 Å². The third-order valence-electron chi connectivity index (χ3n) is 3.89. The van der Waals surface area contributed by atoms with Crippen molar-refractivity contribution in [1.29, 1.82) is 5.41 Å². The van der Waals surface area contributed by atoms with E-state index in [1.165, 1.54) is 0 Å². The molecule has 0 spiro atoms. The molecule has 2 atom stereocenters. The Morgan fingerprint density at radius 3 is 2.30 bits per heavy atom. The lowest BCUT2D eigenvalue weighted by atomic mass is 10.0. The van der Waals surface area contributed by atoms with Crippen molar-refractivity contribution in [2.75, 3.05) is 6.54 Å². The second-order valence-electron chi connectivity index (χ2n) is 7.77. The van der Waals surface area contributed by atoms with Crippen molar-refractivity contribution in [1.82, 2.24) is 16.0 Å². The van der Waals surface area contributed by atoms with E-state index >= 15 is 0 Å². The van der Waals surface area contributed by atoms with Crippen LogP contribution in [0.15, 0.2) is 30.3 Å². The molecule has 166 valence electrons. The third kappa shape index (κ3) is 10.3. The van der Waals surface area contributed by atoms with Gasteiger partial charge in [0.1, 0.15) is 17.7 Å². The second kappa shape index (κ2) is 11.6. The van der Waals surface area contributed by atoms with Gasteiger partial charge in [-0.1, -0.05) is 30.3 Å². The van der Waals surface area contributed by atoms with Crippen LogP contribution in [0.1, 0.15) is 39.2 Å². The minimum atomic E-state index is -1.19. The Morgan fingerprint density at radius 1 is 1.13 bits per heavy atom. The lowest BCUT2D eigenvalue weighted by Crippen LogP contribution is -2.53. The van der Waals surface area contributed by atoms with Gasteiger partial charge in [-0.05, 0) is 39.2 Å². The number of nitrogens with one attached hydrogen (secondary N) is 4. The summed E-state index contributed by atoms with van der Waals surface area (Å²) >= 11 is 0. The average molecular weight is 421 g/mol. The highest BCUT2D eigenvalue weighted by molar-refractivity contribution is 5.89. The van der Waals surface area contributed by atoms with Crippen LogP contribution in [-0.2, 0) is 20.7 Å². The second-order valence-corrected chi connectivity index (χ2v) is 7.77. The molecule has 2 amide bonds. The van der Waals surface area contributed by atoms with Crippen LogP contribution in [0.3, 0.4) is 0 Å². The van der Waals surface area contributed by atoms with Crippen molar-refractivity contribution < 1.29 is 24.2 Å². The molecule has 1 aromatic rings. The molecule has 0 aliphatic rings. The molecule has 10 heteroatoms. The molecule has 0 fully saturated rings. The fourth-order valence-electron chi connectivity index (χ4n) is 2.57. The Kier molecular flexibility index (Phi) is 9.60. The van der Waals surface area contributed by atoms with E-state index in [1.807, 2.05) is 6.07 Å². The number of benzene rings is 1. The first-order chi connectivity index (χ1) is 14.0. The number of carbonyl (C=O) groups excluding carboxylic acids is 2. The first-order valence-corrected chi connectivity index (χ1v) is 9.62. The van der Waals surface area contributed by atoms with Gasteiger partial charge < -0.3 is 31.5 Å². The number of carboxylic acids is 1. The molecule has 0 saturated heterocycles. The van der Waals surface area contributed by atoms with E-state index in [-0.39, 0.29) is 18.8 Å². The summed E-state index contributed by atoms with van der Waals surface area (Å²) in [5.74, 6) is -2.03. The number of amides is 2. The summed E-state index contributed by atoms with van der Waals surface area (Å²) in [5.41, 5.74) is 5.24. The van der Waals surface area contributed by atoms with Gasteiger partial charge in [-0.2, -0.15) is 0 Å². The van der Waals surface area contributed by atoms with E-state index in [0.29, 0.717) is 13.0 Å². The van der Waals surface area contributed by atoms with Crippen LogP contribution >= 0.6 is 0 Å². The molecule has 1 unspecified atom stereocenters. The number of hydrogen-bond acceptors (Lipinski definition) is 5. The SMILES string of the molecule is CC(C)(C)OC(=O)N[C@@H](Cc1ccccc1)C(=O)NC(CCCNC(=N)N)C(=O)O. The van der Waals surface area contributed by atoms with E-state index in [2.05, 4.69) is 16.0 Å². The largest absolute Gasteiger partial charge is 0.480 e. The molecule has 1 rings (SSSR count). The first kappa shape index (κ1) is 24.7. The quantitative estimate of drug-likeness (QED) is 0.186. The van der Waals surface area contributed by atoms with Crippen LogP contribution in [0.5, 0.6) is 0 Å². The molecule has 0 radical (unpaired) electrons. The van der Waals surface area contributed by atoms with Gasteiger partial charge >= 0.3 is 12.1 Å². The standard InChI is InChI=1S/C20H31N5O5/c1-20(2,3)30-19(29)25-15(12-13-8-5-4-6-9-13)16(26)24-14(17(27)28)10-7-11-23-18(21)22/h4-6,8-9,14-15H,7,10-12H2,1-3H3,(H,24,26)(H,25,29)(H,27,28)(H4,21,22,23)/t14?,15-/m0/s1. The van der Waals surface area contributed by atoms with Crippen molar-refractivity contribution in [3.63, 3.8) is 0 Å². The Balaban J connectivity index is 2.83. The van der Waals surface area contributed by atoms with Crippen LogP contribution in [0.2, 0.25) is 0 Å². The van der Waals surface area contributed by atoms with Crippen molar-refractivity contribution in [3.05, 3.63) is 35.9 Å². The van der Waals surface area contributed by atoms with E-state index in [9.17, 15) is 19.5 Å². The molecule has 7 N–H and O–H groups in total. The Morgan fingerprint density at radius 2 is 1.77 bits per heavy atom. The third-order valence-corrected chi connectivity index (χ3v) is 3.89. The molecular weight excluding hydrogens is 390 g/mol. The topological polar surface area (TPSA) is 167 Å². The number of rotatable bonds is 10. The average Bonchev–Trinajstić information content (AvgIpc) is 2.62. The van der Waals surface area contributed by atoms with Crippen molar-refractivity contribution >= 4 is 23.9 Å². The highest BCUT2D eigenvalue weighted by atomic mass is 16.6. The highest BCUT2D eigenvalue weighted by Crippen LogP contribution is 2.09. The van der Waals surface area contributed by atoms with Crippen LogP contribution < -0.4 is 21.7 Å². The molecule has 0 bridgehead atoms. The molecular formula is C20H31N5O5. The van der Waals surface area contributed by atoms with Crippen LogP contribution in [-0.4, -0.2) is 53.3 Å². The van der Waals surface area contributed by atoms with Crippen LogP contribution in [0.25, 0.3) is 0 Å². The Hall–Kier alpha value is -3.30. The number of guanidine groups is 1. The number of nitrogens with two attached hydrogens (primary N) is 1. The van der Waals surface area contributed by atoms with E-state index in [1.54, 1.807) is 45.0 Å². The summed E-state index contributed by atoms with van der Waals surface area (Å²) < 4.78 is 5.22. The first-order valence-electron chi connectivity index (χ1n) is 9.62. The number of aliphatic carboxylic acids is 1. The zero-order chi connectivity index (χ0) is 22.7. The molecule has 0 aliphatic carbocycles. The van der Waals surface area contributed by atoms with Gasteiger partial charge in [0.2, 0.25) is 5.91 Å². The molecule has 0 heterocycles. The summed E-state index contributed by atoms with van der Waals surface area (Å²) in [6.45, 7) is 5.41. The Labute approximate surface area is 176 Å². The van der Waals surface area contributed by atoms with Gasteiger partial charge in [0, 0.05) is 13.0 Å². The highest BCUT2D eigenvalue weighted by Gasteiger charge is 2.28. The maximum atomic E-state index is 12.8. The van der Waals surface area contributed by atoms with E-state index in [0.717, 1.165) is 5.56 Å². The molecule has 0 aromatic heterocycles. The molecule has 0 saturated carbocycles. The normalized spacial score (nSPS) is 12.9. The van der Waals surface area contributed by atoms with Crippen molar-refractivity contribution in [2.24, 2.45) is 5.73 Å². The lowest BCUT2D eigenvalue weighted by molar-refractivity contribution is -0.142. The van der Waals surface area contributed by atoms with Gasteiger partial charge in [-0.25, -0.2) is 9.59 Å². The summed E-state index contributed by atoms with van der Waals surface area (Å²) in [5, 5.41) is 24.1. The van der Waals surface area contributed by atoms with E-state index in [4.69, 9.17) is 15.9 Å². The van der Waals surface area contributed by atoms with Gasteiger partial charge in [-0.15, -0.1) is 0 Å². The maximum absolute atomic E-state index is 12.8. The zero-order valence-electron chi connectivity index (χ0n) is 17.5. The van der Waals surface area contributed by atoms with Crippen LogP contribution in [0, 0.1) is 5.41 Å². The monoisotopic (exact) mass is 421 g/mol. The molecule has 0 aliphatic heterocycles.